The average Bonchev–Trinajstić information content (AvgIpc) is 3.56. The number of rotatable bonds is 1. The fourth-order valence-corrected chi connectivity index (χ4v) is 11.9. The molecule has 1 saturated carbocycles. The largest absolute Gasteiger partial charge is 0.0681 e. The highest BCUT2D eigenvalue weighted by Gasteiger charge is 2.57. The lowest BCUT2D eigenvalue weighted by Gasteiger charge is -2.47. The van der Waals surface area contributed by atoms with E-state index < -0.39 is 0 Å². The summed E-state index contributed by atoms with van der Waals surface area (Å²) in [5.41, 5.74) is 19.5. The van der Waals surface area contributed by atoms with Gasteiger partial charge < -0.3 is 0 Å². The van der Waals surface area contributed by atoms with Crippen LogP contribution in [0.3, 0.4) is 0 Å². The van der Waals surface area contributed by atoms with Gasteiger partial charge in [-0.1, -0.05) is 152 Å². The van der Waals surface area contributed by atoms with Crippen LogP contribution >= 0.6 is 0 Å². The predicted octanol–water partition coefficient (Wildman–Crippen LogP) is 13.0. The van der Waals surface area contributed by atoms with Gasteiger partial charge in [0.15, 0.2) is 0 Å². The van der Waals surface area contributed by atoms with E-state index in [2.05, 4.69) is 141 Å². The van der Waals surface area contributed by atoms with Crippen molar-refractivity contribution in [2.24, 2.45) is 11.8 Å². The maximum atomic E-state index is 2.74. The van der Waals surface area contributed by atoms with Crippen molar-refractivity contribution in [1.82, 2.24) is 0 Å². The molecule has 5 aliphatic carbocycles. The molecule has 5 aliphatic rings. The van der Waals surface area contributed by atoms with Crippen LogP contribution in [-0.4, -0.2) is 0 Å². The van der Waals surface area contributed by atoms with E-state index in [0.29, 0.717) is 11.8 Å². The summed E-state index contributed by atoms with van der Waals surface area (Å²) in [5, 5.41) is 2.90. The van der Waals surface area contributed by atoms with Crippen LogP contribution in [0.4, 0.5) is 0 Å². The highest BCUT2D eigenvalue weighted by Crippen LogP contribution is 2.69. The van der Waals surface area contributed by atoms with Crippen LogP contribution in [0.1, 0.15) is 133 Å². The Labute approximate surface area is 289 Å². The normalized spacial score (nSPS) is 25.1. The molecule has 1 fully saturated rings. The maximum absolute atomic E-state index is 2.74. The fraction of sp³-hybridized carbons (Fsp3) is 0.417. The van der Waals surface area contributed by atoms with Gasteiger partial charge in [0.2, 0.25) is 0 Å². The Kier molecular flexibility index (Phi) is 6.18. The third-order valence-corrected chi connectivity index (χ3v) is 13.5. The van der Waals surface area contributed by atoms with E-state index in [-0.39, 0.29) is 21.7 Å². The lowest BCUT2D eigenvalue weighted by molar-refractivity contribution is 0.227. The molecular weight excluding hydrogens is 577 g/mol. The number of hydrogen-bond donors (Lipinski definition) is 0. The molecule has 0 amide bonds. The Morgan fingerprint density at radius 1 is 0.646 bits per heavy atom. The third kappa shape index (κ3) is 3.68. The van der Waals surface area contributed by atoms with Gasteiger partial charge in [-0.05, 0) is 122 Å². The zero-order chi connectivity index (χ0) is 33.5. The lowest BCUT2D eigenvalue weighted by atomic mass is 9.56. The number of fused-ring (bicyclic) bond motifs is 12. The van der Waals surface area contributed by atoms with Crippen molar-refractivity contribution in [3.63, 3.8) is 0 Å². The first-order chi connectivity index (χ1) is 22.8. The van der Waals surface area contributed by atoms with Crippen molar-refractivity contribution in [2.45, 2.75) is 116 Å². The first kappa shape index (κ1) is 30.4. The van der Waals surface area contributed by atoms with Crippen LogP contribution in [0, 0.1) is 11.8 Å². The molecule has 0 nitrogen and oxygen atoms in total. The summed E-state index contributed by atoms with van der Waals surface area (Å²) in [6.07, 6.45) is 12.0. The van der Waals surface area contributed by atoms with Gasteiger partial charge in [-0.15, -0.1) is 0 Å². The Bertz CT molecular complexity index is 2160. The van der Waals surface area contributed by atoms with Gasteiger partial charge in [0.1, 0.15) is 0 Å². The van der Waals surface area contributed by atoms with E-state index in [9.17, 15) is 0 Å². The highest BCUT2D eigenvalue weighted by molar-refractivity contribution is 6.13. The van der Waals surface area contributed by atoms with Crippen molar-refractivity contribution in [2.75, 3.05) is 0 Å². The molecule has 0 aromatic heterocycles. The van der Waals surface area contributed by atoms with Crippen LogP contribution in [0.5, 0.6) is 0 Å². The molecule has 0 radical (unpaired) electrons. The van der Waals surface area contributed by atoms with E-state index in [1.54, 1.807) is 39.0 Å². The summed E-state index contributed by atoms with van der Waals surface area (Å²) in [7, 11) is 0. The van der Waals surface area contributed by atoms with Crippen molar-refractivity contribution >= 4 is 21.9 Å². The standard InChI is InChI=1S/C48H52/c1-28-25-29(2)40(30-17-11-10-12-18-30)48(27-28)37-24-23-34-42(47(8,9)43-33-21-15-16-22-36(33)46(6,7)44(34)43)39(37)35-26-38(45(3,4)5)31-19-13-14-20-32(31)41(35)48/h13-16,19-27,30,40H,10-12,17-18H2,1-9H3. The molecule has 0 aliphatic heterocycles. The van der Waals surface area contributed by atoms with Gasteiger partial charge in [-0.25, -0.2) is 0 Å². The van der Waals surface area contributed by atoms with Gasteiger partial charge in [-0.2, -0.15) is 0 Å². The number of allylic oxidation sites excluding steroid dienone is 6. The number of benzene rings is 4. The van der Waals surface area contributed by atoms with Crippen molar-refractivity contribution in [3.8, 4) is 11.1 Å². The van der Waals surface area contributed by atoms with Crippen LogP contribution in [0.15, 0.2) is 90.0 Å². The lowest BCUT2D eigenvalue weighted by Crippen LogP contribution is -2.41. The van der Waals surface area contributed by atoms with Gasteiger partial charge in [0, 0.05) is 16.2 Å². The molecule has 0 saturated heterocycles. The Hall–Kier alpha value is -3.64. The second kappa shape index (κ2) is 9.74. The zero-order valence-electron chi connectivity index (χ0n) is 30.7. The SMILES string of the molecule is CC1=CC2(c3ccc4c(c3-c3cc(C(C)(C)C)c5ccccc5c32)C(C)(C)C2=C4C(C)(C)c3ccccc32)C(C2CCCCC2)C(C)=C1. The molecular formula is C48H52. The predicted molar refractivity (Wildman–Crippen MR) is 206 cm³/mol. The summed E-state index contributed by atoms with van der Waals surface area (Å²) in [4.78, 5) is 0. The van der Waals surface area contributed by atoms with E-state index in [1.807, 2.05) is 0 Å². The molecule has 2 unspecified atom stereocenters. The first-order valence-corrected chi connectivity index (χ1v) is 18.8. The molecule has 4 aromatic rings. The second-order valence-electron chi connectivity index (χ2n) is 18.1. The number of hydrogen-bond acceptors (Lipinski definition) is 0. The minimum Gasteiger partial charge on any atom is -0.0681 e. The quantitative estimate of drug-likeness (QED) is 0.197. The topological polar surface area (TPSA) is 0 Å². The van der Waals surface area contributed by atoms with E-state index >= 15 is 0 Å². The van der Waals surface area contributed by atoms with Crippen LogP contribution in [0.2, 0.25) is 0 Å². The molecule has 1 spiro atoms. The molecule has 0 N–H and O–H groups in total. The summed E-state index contributed by atoms with van der Waals surface area (Å²) in [6.45, 7) is 22.1. The molecule has 2 atom stereocenters. The molecule has 9 rings (SSSR count). The molecule has 4 aromatic carbocycles. The zero-order valence-corrected chi connectivity index (χ0v) is 30.7. The Morgan fingerprint density at radius 3 is 2.04 bits per heavy atom. The monoisotopic (exact) mass is 628 g/mol. The van der Waals surface area contributed by atoms with Gasteiger partial charge in [0.05, 0.1) is 0 Å². The minimum absolute atomic E-state index is 0.0237. The van der Waals surface area contributed by atoms with E-state index in [1.165, 1.54) is 76.3 Å². The van der Waals surface area contributed by atoms with Gasteiger partial charge in [0.25, 0.3) is 0 Å². The second-order valence-corrected chi connectivity index (χ2v) is 18.1. The molecule has 244 valence electrons. The molecule has 0 bridgehead atoms. The van der Waals surface area contributed by atoms with Crippen molar-refractivity contribution in [1.29, 1.82) is 0 Å². The molecule has 48 heavy (non-hydrogen) atoms. The summed E-state index contributed by atoms with van der Waals surface area (Å²) >= 11 is 0. The smallest absolute Gasteiger partial charge is 0.0473 e. The maximum Gasteiger partial charge on any atom is 0.0473 e. The van der Waals surface area contributed by atoms with Crippen LogP contribution < -0.4 is 0 Å². The van der Waals surface area contributed by atoms with Crippen molar-refractivity contribution < 1.29 is 0 Å². The van der Waals surface area contributed by atoms with Gasteiger partial charge in [-0.3, -0.25) is 0 Å². The molecule has 0 heteroatoms. The first-order valence-electron chi connectivity index (χ1n) is 18.8. The summed E-state index contributed by atoms with van der Waals surface area (Å²) < 4.78 is 0. The summed E-state index contributed by atoms with van der Waals surface area (Å²) in [6, 6.07) is 26.5. The van der Waals surface area contributed by atoms with Crippen molar-refractivity contribution in [3.05, 3.63) is 129 Å². The van der Waals surface area contributed by atoms with Crippen LogP contribution in [0.25, 0.3) is 33.0 Å². The molecule has 0 heterocycles. The van der Waals surface area contributed by atoms with E-state index in [4.69, 9.17) is 0 Å². The summed E-state index contributed by atoms with van der Waals surface area (Å²) in [5.74, 6) is 1.15. The Morgan fingerprint density at radius 2 is 1.31 bits per heavy atom. The Balaban J connectivity index is 1.44. The van der Waals surface area contributed by atoms with E-state index in [0.717, 1.165) is 0 Å². The third-order valence-electron chi connectivity index (χ3n) is 13.5. The van der Waals surface area contributed by atoms with Crippen LogP contribution in [-0.2, 0) is 21.7 Å². The minimum atomic E-state index is -0.183. The van der Waals surface area contributed by atoms with Gasteiger partial charge >= 0.3 is 0 Å². The highest BCUT2D eigenvalue weighted by atomic mass is 14.6. The average molecular weight is 629 g/mol. The fourth-order valence-electron chi connectivity index (χ4n) is 11.9.